The molecule has 0 spiro atoms. The van der Waals surface area contributed by atoms with Crippen LogP contribution in [0.25, 0.3) is 16.1 Å². The summed E-state index contributed by atoms with van der Waals surface area (Å²) in [6.07, 6.45) is 0.732. The predicted molar refractivity (Wildman–Crippen MR) is 166 cm³/mol. The van der Waals surface area contributed by atoms with Crippen molar-refractivity contribution in [3.8, 4) is 28.3 Å². The van der Waals surface area contributed by atoms with Crippen LogP contribution in [0.4, 0.5) is 5.00 Å². The van der Waals surface area contributed by atoms with Gasteiger partial charge in [0.1, 0.15) is 22.7 Å². The van der Waals surface area contributed by atoms with Crippen molar-refractivity contribution >= 4 is 63.1 Å². The van der Waals surface area contributed by atoms with Gasteiger partial charge in [0.15, 0.2) is 3.95 Å². The maximum absolute atomic E-state index is 10.7. The number of aromatic nitrogens is 1. The first-order chi connectivity index (χ1) is 19.6. The van der Waals surface area contributed by atoms with Gasteiger partial charge in [-0.1, -0.05) is 67.4 Å². The van der Waals surface area contributed by atoms with Crippen LogP contribution < -0.4 is 5.32 Å². The number of hydrogen-bond acceptors (Lipinski definition) is 8. The molecule has 0 radical (unpaired) electrons. The number of thiazole rings is 1. The molecule has 6 rings (SSSR count). The van der Waals surface area contributed by atoms with E-state index in [0.29, 0.717) is 25.1 Å². The minimum atomic E-state index is -0.775. The summed E-state index contributed by atoms with van der Waals surface area (Å²) < 4.78 is 8.42. The van der Waals surface area contributed by atoms with Gasteiger partial charge in [-0.25, -0.2) is 0 Å². The van der Waals surface area contributed by atoms with Crippen molar-refractivity contribution in [2.24, 2.45) is 0 Å². The molecule has 1 atom stereocenters. The number of nitrogens with zero attached hydrogens (tertiary/aromatic N) is 3. The van der Waals surface area contributed by atoms with E-state index in [4.69, 9.17) is 40.2 Å². The molecule has 11 heteroatoms. The average molecular weight is 636 g/mol. The average Bonchev–Trinajstić information content (AvgIpc) is 3.48. The Morgan fingerprint density at radius 2 is 1.78 bits per heavy atom. The van der Waals surface area contributed by atoms with Crippen LogP contribution >= 0.6 is 58.1 Å². The Kier molecular flexibility index (Phi) is 6.97. The molecule has 0 bridgehead atoms. The molecule has 2 N–H and O–H groups in total. The van der Waals surface area contributed by atoms with Crippen LogP contribution in [0.15, 0.2) is 77.0 Å². The van der Waals surface area contributed by atoms with Gasteiger partial charge in [0.2, 0.25) is 5.88 Å². The Labute approximate surface area is 259 Å². The van der Waals surface area contributed by atoms with Crippen LogP contribution in [-0.4, -0.2) is 9.67 Å². The molecule has 204 valence electrons. The third kappa shape index (κ3) is 4.55. The molecule has 2 aromatic carbocycles. The van der Waals surface area contributed by atoms with Crippen LogP contribution in [-0.2, 0) is 16.6 Å². The highest BCUT2D eigenvalue weighted by Gasteiger charge is 2.40. The zero-order chi connectivity index (χ0) is 29.1. The number of anilines is 1. The van der Waals surface area contributed by atoms with Gasteiger partial charge in [-0.15, -0.1) is 22.7 Å². The maximum Gasteiger partial charge on any atom is 0.298 e. The number of thiophene rings is 1. The van der Waals surface area contributed by atoms with Crippen molar-refractivity contribution in [2.75, 3.05) is 5.32 Å². The third-order valence-corrected chi connectivity index (χ3v) is 10.7. The third-order valence-electron chi connectivity index (χ3n) is 7.13. The summed E-state index contributed by atoms with van der Waals surface area (Å²) in [7, 11) is 0. The Morgan fingerprint density at radius 3 is 2.44 bits per heavy atom. The van der Waals surface area contributed by atoms with Crippen molar-refractivity contribution in [1.29, 1.82) is 10.5 Å². The first-order valence-electron chi connectivity index (χ1n) is 12.5. The van der Waals surface area contributed by atoms with E-state index < -0.39 is 11.9 Å². The number of aliphatic hydroxyl groups is 1. The van der Waals surface area contributed by atoms with Gasteiger partial charge in [0.25, 0.3) is 5.95 Å². The van der Waals surface area contributed by atoms with E-state index >= 15 is 0 Å². The number of hydrogen-bond donors (Lipinski definition) is 2. The highest BCUT2D eigenvalue weighted by atomic mass is 35.5. The van der Waals surface area contributed by atoms with Crippen molar-refractivity contribution in [3.05, 3.63) is 108 Å². The van der Waals surface area contributed by atoms with Crippen LogP contribution in [0.5, 0.6) is 0 Å². The molecule has 2 aromatic heterocycles. The molecule has 0 fully saturated rings. The first-order valence-corrected chi connectivity index (χ1v) is 15.3. The van der Waals surface area contributed by atoms with E-state index in [1.54, 1.807) is 24.3 Å². The van der Waals surface area contributed by atoms with Crippen molar-refractivity contribution in [3.63, 3.8) is 0 Å². The zero-order valence-electron chi connectivity index (χ0n) is 21.7. The second-order valence-electron chi connectivity index (χ2n) is 10.2. The second kappa shape index (κ2) is 10.4. The summed E-state index contributed by atoms with van der Waals surface area (Å²) in [4.78, 5) is 2.01. The Bertz CT molecular complexity index is 1920. The fourth-order valence-electron chi connectivity index (χ4n) is 5.27. The van der Waals surface area contributed by atoms with E-state index in [-0.39, 0.29) is 21.9 Å². The number of para-hydroxylation sites is 1. The Morgan fingerprint density at radius 1 is 1.07 bits per heavy atom. The molecule has 4 aromatic rings. The van der Waals surface area contributed by atoms with E-state index in [0.717, 1.165) is 33.1 Å². The zero-order valence-corrected chi connectivity index (χ0v) is 25.6. The van der Waals surface area contributed by atoms with Gasteiger partial charge in [-0.3, -0.25) is 4.57 Å². The summed E-state index contributed by atoms with van der Waals surface area (Å²) >= 11 is 21.6. The lowest BCUT2D eigenvalue weighted by atomic mass is 9.78. The molecule has 0 saturated carbocycles. The van der Waals surface area contributed by atoms with Crippen LogP contribution in [0.2, 0.25) is 5.02 Å². The second-order valence-corrected chi connectivity index (χ2v) is 13.7. The molecule has 6 nitrogen and oxygen atoms in total. The van der Waals surface area contributed by atoms with Crippen molar-refractivity contribution in [1.82, 2.24) is 4.57 Å². The van der Waals surface area contributed by atoms with Crippen LogP contribution in [0, 0.1) is 26.6 Å². The largest absolute Gasteiger partial charge is 0.480 e. The van der Waals surface area contributed by atoms with Crippen LogP contribution in [0.1, 0.15) is 41.5 Å². The van der Waals surface area contributed by atoms with E-state index in [2.05, 4.69) is 29.8 Å². The van der Waals surface area contributed by atoms with E-state index in [1.807, 2.05) is 36.4 Å². The first kappa shape index (κ1) is 27.6. The fraction of sp³-hybridized carbons (Fsp3) is 0.167. The Balaban J connectivity index is 1.48. The SMILES string of the molecule is CC1(C)Cc2c(sc(=S)n2-c2ccccc2)-c2c1sc(NC1=C(Cl)C(c3ccc(Cl)cc3)C(C#N)=C(O)O1)c2C#N. The minimum Gasteiger partial charge on any atom is -0.480 e. The highest BCUT2D eigenvalue weighted by molar-refractivity contribution is 7.73. The minimum absolute atomic E-state index is 0.0262. The molecule has 41 heavy (non-hydrogen) atoms. The molecule has 1 unspecified atom stereocenters. The summed E-state index contributed by atoms with van der Waals surface area (Å²) in [5.41, 5.74) is 3.66. The van der Waals surface area contributed by atoms with E-state index in [1.165, 1.54) is 22.7 Å². The monoisotopic (exact) mass is 634 g/mol. The van der Waals surface area contributed by atoms with Gasteiger partial charge in [0.05, 0.1) is 21.4 Å². The molecule has 3 heterocycles. The number of ether oxygens (including phenoxy) is 1. The molecular formula is C30H20Cl2N4O2S3. The van der Waals surface area contributed by atoms with Crippen LogP contribution in [0.3, 0.4) is 0 Å². The normalized spacial score (nSPS) is 17.3. The quantitative estimate of drug-likeness (QED) is 0.217. The number of benzene rings is 2. The summed E-state index contributed by atoms with van der Waals surface area (Å²) in [6, 6.07) is 21.2. The number of rotatable bonds is 4. The van der Waals surface area contributed by atoms with E-state index in [9.17, 15) is 15.6 Å². The maximum atomic E-state index is 10.7. The van der Waals surface area contributed by atoms with Gasteiger partial charge < -0.3 is 15.2 Å². The molecule has 1 aliphatic carbocycles. The standard InChI is InChI=1S/C30H20Cl2N4O2S3/c1-30(2)12-20-24(40-29(39)36(20)17-6-4-3-5-7-17)22-18(13-33)27(41-25(22)30)35-26-23(32)21(19(14-34)28(37)38-26)15-8-10-16(31)11-9-15/h3-11,21,35,37H,12H2,1-2H3. The smallest absolute Gasteiger partial charge is 0.298 e. The lowest BCUT2D eigenvalue weighted by molar-refractivity contribution is 0.136. The predicted octanol–water partition coefficient (Wildman–Crippen LogP) is 9.28. The van der Waals surface area contributed by atoms with Gasteiger partial charge in [0, 0.05) is 32.3 Å². The van der Waals surface area contributed by atoms with Gasteiger partial charge in [-0.2, -0.15) is 10.5 Å². The Hall–Kier alpha value is -3.57. The molecule has 0 amide bonds. The van der Waals surface area contributed by atoms with Crippen molar-refractivity contribution < 1.29 is 9.84 Å². The summed E-state index contributed by atoms with van der Waals surface area (Å²) in [5.74, 6) is -1.28. The number of halogens is 2. The molecule has 1 aliphatic heterocycles. The summed E-state index contributed by atoms with van der Waals surface area (Å²) in [5, 5.41) is 35.3. The number of fused-ring (bicyclic) bond motifs is 3. The lowest BCUT2D eigenvalue weighted by Crippen LogP contribution is -2.25. The fourth-order valence-corrected chi connectivity index (χ4v) is 8.56. The van der Waals surface area contributed by atoms with Gasteiger partial charge >= 0.3 is 0 Å². The lowest BCUT2D eigenvalue weighted by Gasteiger charge is -2.30. The number of aliphatic hydroxyl groups excluding tert-OH is 1. The highest BCUT2D eigenvalue weighted by Crippen LogP contribution is 2.54. The topological polar surface area (TPSA) is 94.0 Å². The number of nitriles is 2. The van der Waals surface area contributed by atoms with Crippen molar-refractivity contribution in [2.45, 2.75) is 31.6 Å². The summed E-state index contributed by atoms with van der Waals surface area (Å²) in [6.45, 7) is 4.31. The number of allylic oxidation sites excluding steroid dienone is 2. The van der Waals surface area contributed by atoms with Gasteiger partial charge in [-0.05, 0) is 48.5 Å². The molecule has 0 saturated heterocycles. The molecule has 2 aliphatic rings. The number of nitrogens with one attached hydrogen (secondary N) is 1. The molecular weight excluding hydrogens is 615 g/mol.